The lowest BCUT2D eigenvalue weighted by molar-refractivity contribution is -0.155. The maximum atomic E-state index is 12.2. The number of cyclic esters (lactones) is 1. The van der Waals surface area contributed by atoms with Gasteiger partial charge >= 0.3 is 5.97 Å². The number of hydrogen-bond donors (Lipinski definition) is 0. The summed E-state index contributed by atoms with van der Waals surface area (Å²) >= 11 is 0. The lowest BCUT2D eigenvalue weighted by Gasteiger charge is -2.38. The summed E-state index contributed by atoms with van der Waals surface area (Å²) in [6.07, 6.45) is 0.902. The Bertz CT molecular complexity index is 607. The highest BCUT2D eigenvalue weighted by Crippen LogP contribution is 2.34. The van der Waals surface area contributed by atoms with Gasteiger partial charge in [0.1, 0.15) is 6.10 Å². The molecule has 1 aromatic carbocycles. The number of likely N-dealkylation sites (N-methyl/N-ethyl adjacent to an activating group) is 1. The van der Waals surface area contributed by atoms with Crippen molar-refractivity contribution in [2.24, 2.45) is 0 Å². The summed E-state index contributed by atoms with van der Waals surface area (Å²) < 4.78 is 12.0. The van der Waals surface area contributed by atoms with Gasteiger partial charge in [-0.1, -0.05) is 50.0 Å². The monoisotopic (exact) mass is 361 g/mol. The molecule has 0 unspecified atom stereocenters. The van der Waals surface area contributed by atoms with Gasteiger partial charge in [0.05, 0.1) is 5.70 Å². The van der Waals surface area contributed by atoms with E-state index in [-0.39, 0.29) is 18.1 Å². The van der Waals surface area contributed by atoms with E-state index in [4.69, 9.17) is 9.47 Å². The molecule has 0 bridgehead atoms. The fraction of sp³-hybridized carbons (Fsp3) is 0.550. The van der Waals surface area contributed by atoms with Gasteiger partial charge < -0.3 is 14.4 Å². The molecule has 25 heavy (non-hydrogen) atoms. The summed E-state index contributed by atoms with van der Waals surface area (Å²) in [5, 5.41) is 0. The molecule has 0 aromatic heterocycles. The molecule has 0 spiro atoms. The first-order valence-corrected chi connectivity index (χ1v) is 12.7. The molecule has 138 valence electrons. The molecule has 1 aliphatic rings. The van der Waals surface area contributed by atoms with Crippen molar-refractivity contribution >= 4 is 14.0 Å². The van der Waals surface area contributed by atoms with Crippen molar-refractivity contribution in [2.75, 3.05) is 13.7 Å². The Hall–Kier alpha value is -1.59. The van der Waals surface area contributed by atoms with Crippen LogP contribution in [-0.2, 0) is 14.3 Å². The number of nitrogens with zero attached hydrogens (tertiary/aromatic N) is 1. The Morgan fingerprint density at radius 2 is 1.84 bits per heavy atom. The Balaban J connectivity index is 2.30. The van der Waals surface area contributed by atoms with Gasteiger partial charge in [0.25, 0.3) is 0 Å². The van der Waals surface area contributed by atoms with Crippen LogP contribution < -0.4 is 0 Å². The number of carbonyl (C=O) groups excluding carboxylic acids is 1. The second-order valence-corrected chi connectivity index (χ2v) is 13.8. The maximum absolute atomic E-state index is 12.2. The average molecular weight is 362 g/mol. The lowest BCUT2D eigenvalue weighted by atomic mass is 9.98. The molecule has 1 aromatic rings. The van der Waals surface area contributed by atoms with Crippen LogP contribution in [0.15, 0.2) is 42.1 Å². The van der Waals surface area contributed by atoms with Gasteiger partial charge in [-0.05, 0) is 25.5 Å². The molecule has 0 radical (unpaired) electrons. The highest BCUT2D eigenvalue weighted by atomic mass is 28.3. The van der Waals surface area contributed by atoms with Gasteiger partial charge in [0.2, 0.25) is 0 Å². The fourth-order valence-electron chi connectivity index (χ4n) is 2.73. The summed E-state index contributed by atoms with van der Waals surface area (Å²) in [5.74, 6) is -0.304. The molecule has 0 amide bonds. The van der Waals surface area contributed by atoms with Crippen LogP contribution in [0.25, 0.3) is 0 Å². The first-order valence-electron chi connectivity index (χ1n) is 9.00. The van der Waals surface area contributed by atoms with E-state index in [1.165, 1.54) is 0 Å². The third kappa shape index (κ3) is 5.44. The maximum Gasteiger partial charge on any atom is 0.333 e. The van der Waals surface area contributed by atoms with Crippen LogP contribution in [0.3, 0.4) is 0 Å². The van der Waals surface area contributed by atoms with E-state index in [1.54, 1.807) is 6.08 Å². The summed E-state index contributed by atoms with van der Waals surface area (Å²) in [7, 11) is 0.813. The molecule has 2 rings (SSSR count). The van der Waals surface area contributed by atoms with Crippen LogP contribution in [-0.4, -0.2) is 44.7 Å². The van der Waals surface area contributed by atoms with Crippen molar-refractivity contribution in [1.82, 2.24) is 4.90 Å². The number of benzene rings is 1. The molecule has 0 saturated heterocycles. The summed E-state index contributed by atoms with van der Waals surface area (Å²) in [5.41, 5.74) is 1.87. The first kappa shape index (κ1) is 19.7. The third-order valence-corrected chi connectivity index (χ3v) is 6.24. The third-order valence-electron chi connectivity index (χ3n) is 4.53. The minimum Gasteiger partial charge on any atom is -0.451 e. The molecular weight excluding hydrogens is 330 g/mol. The summed E-state index contributed by atoms with van der Waals surface area (Å²) in [6.45, 7) is 11.9. The fourth-order valence-corrected chi connectivity index (χ4v) is 3.46. The Morgan fingerprint density at radius 1 is 1.20 bits per heavy atom. The first-order chi connectivity index (χ1) is 11.7. The Labute approximate surface area is 152 Å². The van der Waals surface area contributed by atoms with Gasteiger partial charge in [0, 0.05) is 33.8 Å². The number of carbonyl (C=O) groups is 1. The predicted molar refractivity (Wildman–Crippen MR) is 104 cm³/mol. The van der Waals surface area contributed by atoms with Crippen molar-refractivity contribution in [3.8, 4) is 0 Å². The van der Waals surface area contributed by atoms with Gasteiger partial charge in [0.15, 0.2) is 6.10 Å². The molecule has 1 heterocycles. The largest absolute Gasteiger partial charge is 0.451 e. The van der Waals surface area contributed by atoms with Crippen molar-refractivity contribution in [1.29, 1.82) is 0 Å². The van der Waals surface area contributed by atoms with Crippen LogP contribution in [0.1, 0.15) is 25.5 Å². The highest BCUT2D eigenvalue weighted by Gasteiger charge is 2.37. The van der Waals surface area contributed by atoms with E-state index < -0.39 is 14.2 Å². The number of ether oxygens (including phenoxy) is 2. The number of rotatable bonds is 7. The molecule has 0 aliphatic carbocycles. The standard InChI is InChI=1S/C20H31NO3Si/c1-15(2)21(3)17-14-18(22)24-19(16-10-8-7-9-11-16)20(17)23-12-13-25(4,5)6/h7-11,14-15,19-20H,12-13H2,1-6H3/t19-,20-/m0/s1. The van der Waals surface area contributed by atoms with E-state index in [2.05, 4.69) is 38.4 Å². The Morgan fingerprint density at radius 3 is 2.40 bits per heavy atom. The predicted octanol–water partition coefficient (Wildman–Crippen LogP) is 4.23. The van der Waals surface area contributed by atoms with E-state index >= 15 is 0 Å². The van der Waals surface area contributed by atoms with Crippen molar-refractivity contribution in [3.05, 3.63) is 47.7 Å². The smallest absolute Gasteiger partial charge is 0.333 e. The van der Waals surface area contributed by atoms with Crippen molar-refractivity contribution < 1.29 is 14.3 Å². The van der Waals surface area contributed by atoms with E-state index in [1.807, 2.05) is 37.4 Å². The number of esters is 1. The normalized spacial score (nSPS) is 21.1. The molecule has 0 fully saturated rings. The molecule has 5 heteroatoms. The molecule has 2 atom stereocenters. The molecule has 0 saturated carbocycles. The van der Waals surface area contributed by atoms with Crippen LogP contribution in [0.4, 0.5) is 0 Å². The van der Waals surface area contributed by atoms with Crippen molar-refractivity contribution in [3.63, 3.8) is 0 Å². The molecular formula is C20H31NO3Si. The summed E-state index contributed by atoms with van der Waals surface area (Å²) in [6, 6.07) is 11.2. The Kier molecular flexibility index (Phi) is 6.46. The van der Waals surface area contributed by atoms with Gasteiger partial charge in [-0.15, -0.1) is 0 Å². The second kappa shape index (κ2) is 8.19. The SMILES string of the molecule is CC(C)N(C)C1=CC(=O)O[C@@H](c2ccccc2)[C@H]1OCC[Si](C)(C)C. The molecule has 4 nitrogen and oxygen atoms in total. The van der Waals surface area contributed by atoms with Gasteiger partial charge in [-0.2, -0.15) is 0 Å². The lowest BCUT2D eigenvalue weighted by Crippen LogP contribution is -2.41. The van der Waals surface area contributed by atoms with Crippen molar-refractivity contribution in [2.45, 2.75) is 57.8 Å². The van der Waals surface area contributed by atoms with Gasteiger partial charge in [-0.3, -0.25) is 0 Å². The van der Waals surface area contributed by atoms with Crippen LogP contribution in [0.5, 0.6) is 0 Å². The highest BCUT2D eigenvalue weighted by molar-refractivity contribution is 6.76. The zero-order chi connectivity index (χ0) is 18.6. The van der Waals surface area contributed by atoms with E-state index in [0.717, 1.165) is 17.3 Å². The zero-order valence-corrected chi connectivity index (χ0v) is 17.3. The van der Waals surface area contributed by atoms with Crippen LogP contribution in [0, 0.1) is 0 Å². The quantitative estimate of drug-likeness (QED) is 0.538. The summed E-state index contributed by atoms with van der Waals surface area (Å²) in [4.78, 5) is 14.3. The minimum atomic E-state index is -1.19. The second-order valence-electron chi connectivity index (χ2n) is 8.14. The molecule has 1 aliphatic heterocycles. The number of hydrogen-bond acceptors (Lipinski definition) is 4. The topological polar surface area (TPSA) is 38.8 Å². The van der Waals surface area contributed by atoms with E-state index in [9.17, 15) is 4.79 Å². The molecule has 0 N–H and O–H groups in total. The van der Waals surface area contributed by atoms with Crippen LogP contribution >= 0.6 is 0 Å². The van der Waals surface area contributed by atoms with Crippen LogP contribution in [0.2, 0.25) is 25.7 Å². The average Bonchev–Trinajstić information content (AvgIpc) is 2.54. The van der Waals surface area contributed by atoms with E-state index in [0.29, 0.717) is 6.61 Å². The van der Waals surface area contributed by atoms with Gasteiger partial charge in [-0.25, -0.2) is 4.79 Å². The minimum absolute atomic E-state index is 0.274. The zero-order valence-electron chi connectivity index (χ0n) is 16.3.